The molecule has 3 unspecified atom stereocenters. The summed E-state index contributed by atoms with van der Waals surface area (Å²) in [5.74, 6) is 2.33. The molecule has 1 heterocycles. The van der Waals surface area contributed by atoms with Crippen molar-refractivity contribution in [3.63, 3.8) is 0 Å². The quantitative estimate of drug-likeness (QED) is 0.754. The lowest BCUT2D eigenvalue weighted by molar-refractivity contribution is 0.151. The van der Waals surface area contributed by atoms with Crippen molar-refractivity contribution in [2.24, 2.45) is 17.8 Å². The maximum atomic E-state index is 5.87. The topological polar surface area (TPSA) is 9.23 Å². The van der Waals surface area contributed by atoms with Crippen LogP contribution in [0.15, 0.2) is 24.3 Å². The fourth-order valence-corrected chi connectivity index (χ4v) is 3.80. The van der Waals surface area contributed by atoms with Crippen molar-refractivity contribution in [1.82, 2.24) is 0 Å². The molecule has 0 radical (unpaired) electrons. The smallest absolute Gasteiger partial charge is 0.0501 e. The van der Waals surface area contributed by atoms with Gasteiger partial charge in [-0.1, -0.05) is 39.7 Å². The minimum atomic E-state index is 0.466. The van der Waals surface area contributed by atoms with Crippen molar-refractivity contribution in [3.8, 4) is 0 Å². The van der Waals surface area contributed by atoms with Crippen molar-refractivity contribution in [2.75, 3.05) is 13.2 Å². The largest absolute Gasteiger partial charge is 0.381 e. The number of hydrogen-bond donors (Lipinski definition) is 0. The van der Waals surface area contributed by atoms with E-state index in [2.05, 4.69) is 28.1 Å². The first-order chi connectivity index (χ1) is 7.27. The highest BCUT2D eigenvalue weighted by atomic mass is 79.9. The Labute approximate surface area is 103 Å². The second-order valence-electron chi connectivity index (χ2n) is 4.40. The van der Waals surface area contributed by atoms with E-state index in [0.29, 0.717) is 4.83 Å². The third kappa shape index (κ3) is 1.73. The number of halogens is 2. The third-order valence-electron chi connectivity index (χ3n) is 3.54. The summed E-state index contributed by atoms with van der Waals surface area (Å²) in [6.07, 6.45) is 0. The Morgan fingerprint density at radius 2 is 1.80 bits per heavy atom. The van der Waals surface area contributed by atoms with E-state index in [1.807, 2.05) is 12.1 Å². The van der Waals surface area contributed by atoms with E-state index >= 15 is 0 Å². The monoisotopic (exact) mass is 286 g/mol. The molecule has 3 atom stereocenters. The first kappa shape index (κ1) is 10.1. The van der Waals surface area contributed by atoms with Gasteiger partial charge < -0.3 is 4.74 Å². The molecule has 1 saturated heterocycles. The van der Waals surface area contributed by atoms with E-state index in [1.165, 1.54) is 5.56 Å². The van der Waals surface area contributed by atoms with Crippen LogP contribution in [0.1, 0.15) is 10.4 Å². The predicted molar refractivity (Wildman–Crippen MR) is 64.4 cm³/mol. The Morgan fingerprint density at radius 1 is 1.20 bits per heavy atom. The second kappa shape index (κ2) is 3.76. The summed E-state index contributed by atoms with van der Waals surface area (Å²) < 4.78 is 5.40. The van der Waals surface area contributed by atoms with Crippen LogP contribution in [0.5, 0.6) is 0 Å². The van der Waals surface area contributed by atoms with E-state index in [0.717, 1.165) is 36.0 Å². The SMILES string of the molecule is Clc1ccc(C(Br)C2C3COCC32)cc1. The second-order valence-corrected chi connectivity index (χ2v) is 5.82. The van der Waals surface area contributed by atoms with Crippen molar-refractivity contribution in [3.05, 3.63) is 34.9 Å². The van der Waals surface area contributed by atoms with Gasteiger partial charge in [0.25, 0.3) is 0 Å². The summed E-state index contributed by atoms with van der Waals surface area (Å²) in [5.41, 5.74) is 1.33. The molecule has 2 fully saturated rings. The number of fused-ring (bicyclic) bond motifs is 1. The van der Waals surface area contributed by atoms with Gasteiger partial charge in [0.1, 0.15) is 0 Å². The van der Waals surface area contributed by atoms with Crippen LogP contribution in [0.25, 0.3) is 0 Å². The summed E-state index contributed by atoms with van der Waals surface area (Å²) in [6, 6.07) is 8.13. The fourth-order valence-electron chi connectivity index (χ4n) is 2.59. The van der Waals surface area contributed by atoms with E-state index < -0.39 is 0 Å². The summed E-state index contributed by atoms with van der Waals surface area (Å²) in [4.78, 5) is 0.466. The minimum absolute atomic E-state index is 0.466. The molecule has 1 aliphatic carbocycles. The van der Waals surface area contributed by atoms with Gasteiger partial charge >= 0.3 is 0 Å². The van der Waals surface area contributed by atoms with Gasteiger partial charge in [-0.2, -0.15) is 0 Å². The molecule has 1 aliphatic heterocycles. The number of rotatable bonds is 2. The highest BCUT2D eigenvalue weighted by molar-refractivity contribution is 9.09. The molecule has 0 N–H and O–H groups in total. The predicted octanol–water partition coefficient (Wildman–Crippen LogP) is 3.67. The molecule has 15 heavy (non-hydrogen) atoms. The molecule has 1 aromatic rings. The van der Waals surface area contributed by atoms with Gasteiger partial charge in [-0.05, 0) is 35.4 Å². The lowest BCUT2D eigenvalue weighted by Crippen LogP contribution is -2.03. The maximum absolute atomic E-state index is 5.87. The molecule has 1 aromatic carbocycles. The van der Waals surface area contributed by atoms with E-state index in [1.54, 1.807) is 0 Å². The first-order valence-corrected chi connectivity index (χ1v) is 6.54. The molecule has 80 valence electrons. The Morgan fingerprint density at radius 3 is 2.40 bits per heavy atom. The molecule has 3 rings (SSSR count). The Bertz CT molecular complexity index is 354. The van der Waals surface area contributed by atoms with E-state index in [-0.39, 0.29) is 0 Å². The zero-order chi connectivity index (χ0) is 10.4. The number of hydrogen-bond acceptors (Lipinski definition) is 1. The maximum Gasteiger partial charge on any atom is 0.0501 e. The highest BCUT2D eigenvalue weighted by Gasteiger charge is 2.56. The van der Waals surface area contributed by atoms with Gasteiger partial charge in [-0.25, -0.2) is 0 Å². The molecule has 0 amide bonds. The number of ether oxygens (including phenoxy) is 1. The molecule has 2 aliphatic rings. The summed E-state index contributed by atoms with van der Waals surface area (Å²) in [5, 5.41) is 0.803. The molecule has 0 aromatic heterocycles. The molecular weight excluding hydrogens is 275 g/mol. The first-order valence-electron chi connectivity index (χ1n) is 5.24. The van der Waals surface area contributed by atoms with Crippen LogP contribution in [0.3, 0.4) is 0 Å². The molecular formula is C12H12BrClO. The standard InChI is InChI=1S/C12H12BrClO/c13-12(7-1-3-8(14)4-2-7)11-9-5-15-6-10(9)11/h1-4,9-12H,5-6H2. The lowest BCUT2D eigenvalue weighted by atomic mass is 10.1. The Hall–Kier alpha value is -0.0500. The number of alkyl halides is 1. The van der Waals surface area contributed by atoms with Gasteiger partial charge in [0.15, 0.2) is 0 Å². The third-order valence-corrected chi connectivity index (χ3v) is 4.94. The van der Waals surface area contributed by atoms with E-state index in [9.17, 15) is 0 Å². The van der Waals surface area contributed by atoms with Gasteiger partial charge in [0, 0.05) is 9.85 Å². The highest BCUT2D eigenvalue weighted by Crippen LogP contribution is 2.59. The van der Waals surface area contributed by atoms with Crippen LogP contribution in [0.4, 0.5) is 0 Å². The van der Waals surface area contributed by atoms with Crippen LogP contribution in [0.2, 0.25) is 5.02 Å². The summed E-state index contributed by atoms with van der Waals surface area (Å²) >= 11 is 9.67. The molecule has 1 nitrogen and oxygen atoms in total. The van der Waals surface area contributed by atoms with Crippen LogP contribution in [-0.4, -0.2) is 13.2 Å². The van der Waals surface area contributed by atoms with Crippen molar-refractivity contribution in [1.29, 1.82) is 0 Å². The number of benzene rings is 1. The van der Waals surface area contributed by atoms with Gasteiger partial charge in [0.05, 0.1) is 13.2 Å². The van der Waals surface area contributed by atoms with Crippen LogP contribution >= 0.6 is 27.5 Å². The summed E-state index contributed by atoms with van der Waals surface area (Å²) in [7, 11) is 0. The lowest BCUT2D eigenvalue weighted by Gasteiger charge is -2.12. The minimum Gasteiger partial charge on any atom is -0.381 e. The fraction of sp³-hybridized carbons (Fsp3) is 0.500. The van der Waals surface area contributed by atoms with Crippen molar-refractivity contribution < 1.29 is 4.74 Å². The average Bonchev–Trinajstić information content (AvgIpc) is 2.72. The average molecular weight is 288 g/mol. The zero-order valence-electron chi connectivity index (χ0n) is 8.20. The van der Waals surface area contributed by atoms with Crippen LogP contribution < -0.4 is 0 Å². The van der Waals surface area contributed by atoms with Crippen LogP contribution in [0, 0.1) is 17.8 Å². The molecule has 0 spiro atoms. The Balaban J connectivity index is 1.75. The molecule has 0 bridgehead atoms. The molecule has 1 saturated carbocycles. The normalized spacial score (nSPS) is 34.9. The Kier molecular flexibility index (Phi) is 2.54. The van der Waals surface area contributed by atoms with Gasteiger partial charge in [-0.15, -0.1) is 0 Å². The van der Waals surface area contributed by atoms with Gasteiger partial charge in [0.2, 0.25) is 0 Å². The van der Waals surface area contributed by atoms with Crippen molar-refractivity contribution >= 4 is 27.5 Å². The van der Waals surface area contributed by atoms with Gasteiger partial charge in [-0.3, -0.25) is 0 Å². The zero-order valence-corrected chi connectivity index (χ0v) is 10.5. The van der Waals surface area contributed by atoms with Crippen molar-refractivity contribution in [2.45, 2.75) is 4.83 Å². The summed E-state index contributed by atoms with van der Waals surface area (Å²) in [6.45, 7) is 1.90. The van der Waals surface area contributed by atoms with Crippen LogP contribution in [-0.2, 0) is 4.74 Å². The molecule has 3 heteroatoms. The van der Waals surface area contributed by atoms with E-state index in [4.69, 9.17) is 16.3 Å².